The van der Waals surface area contributed by atoms with Gasteiger partial charge in [-0.2, -0.15) is 0 Å². The fraction of sp³-hybridized carbons (Fsp3) is 0.316. The largest absolute Gasteiger partial charge is 0.494 e. The molecular formula is C19H22F2N4O4S. The maximum Gasteiger partial charge on any atom is 0.250 e. The van der Waals surface area contributed by atoms with Crippen molar-refractivity contribution >= 4 is 21.6 Å². The highest BCUT2D eigenvalue weighted by molar-refractivity contribution is 7.93. The Morgan fingerprint density at radius 3 is 2.60 bits per heavy atom. The van der Waals surface area contributed by atoms with Crippen LogP contribution in [-0.2, 0) is 21.4 Å². The van der Waals surface area contributed by atoms with Gasteiger partial charge in [0.15, 0.2) is 5.37 Å². The van der Waals surface area contributed by atoms with E-state index in [0.717, 1.165) is 6.07 Å². The highest BCUT2D eigenvalue weighted by atomic mass is 32.2. The summed E-state index contributed by atoms with van der Waals surface area (Å²) < 4.78 is 60.0. The van der Waals surface area contributed by atoms with Gasteiger partial charge in [0.05, 0.1) is 12.5 Å². The van der Waals surface area contributed by atoms with Gasteiger partial charge in [-0.05, 0) is 37.3 Å². The van der Waals surface area contributed by atoms with Crippen LogP contribution < -0.4 is 25.6 Å². The second kappa shape index (κ2) is 9.37. The van der Waals surface area contributed by atoms with Crippen molar-refractivity contribution in [2.75, 3.05) is 17.9 Å². The number of carbonyl (C=O) groups excluding carboxylic acids is 1. The number of benzene rings is 2. The zero-order chi connectivity index (χ0) is 21.7. The summed E-state index contributed by atoms with van der Waals surface area (Å²) in [6.07, 6.45) is 0. The zero-order valence-electron chi connectivity index (χ0n) is 16.1. The van der Waals surface area contributed by atoms with Gasteiger partial charge in [0, 0.05) is 30.4 Å². The number of amides is 1. The molecule has 1 fully saturated rings. The van der Waals surface area contributed by atoms with Gasteiger partial charge in [-0.15, -0.1) is 0 Å². The summed E-state index contributed by atoms with van der Waals surface area (Å²) in [7, 11) is -3.98. The molecule has 0 aliphatic carbocycles. The molecule has 2 aromatic rings. The van der Waals surface area contributed by atoms with Gasteiger partial charge in [0.25, 0.3) is 10.0 Å². The van der Waals surface area contributed by atoms with Crippen LogP contribution in [0.1, 0.15) is 12.5 Å². The standard InChI is InChI=1S/C19H22F2N4O4S/c1-2-29-15-7-5-14(6-8-15)25-30(27,28)19-16(11-23-24-19)18(26)22-10-12-3-4-13(20)9-17(12)21/h3-9,16,19,23-25H,2,10-11H2,1H3,(H,22,26). The number of carbonyl (C=O) groups is 1. The van der Waals surface area contributed by atoms with Crippen molar-refractivity contribution in [1.82, 2.24) is 16.2 Å². The van der Waals surface area contributed by atoms with Crippen LogP contribution in [0, 0.1) is 17.6 Å². The predicted octanol–water partition coefficient (Wildman–Crippen LogP) is 1.47. The second-order valence-electron chi connectivity index (χ2n) is 6.61. The van der Waals surface area contributed by atoms with E-state index in [1.165, 1.54) is 6.07 Å². The number of anilines is 1. The molecule has 1 saturated heterocycles. The molecule has 11 heteroatoms. The molecule has 2 aromatic carbocycles. The maximum atomic E-state index is 13.7. The topological polar surface area (TPSA) is 109 Å². The minimum atomic E-state index is -3.98. The molecule has 30 heavy (non-hydrogen) atoms. The molecule has 0 spiro atoms. The third kappa shape index (κ3) is 5.23. The first-order valence-electron chi connectivity index (χ1n) is 9.24. The Labute approximate surface area is 173 Å². The lowest BCUT2D eigenvalue weighted by atomic mass is 10.1. The molecule has 0 aromatic heterocycles. The van der Waals surface area contributed by atoms with E-state index in [2.05, 4.69) is 20.9 Å². The molecule has 2 atom stereocenters. The van der Waals surface area contributed by atoms with Crippen molar-refractivity contribution < 1.29 is 26.7 Å². The molecule has 0 saturated carbocycles. The van der Waals surface area contributed by atoms with Crippen molar-refractivity contribution in [2.24, 2.45) is 5.92 Å². The number of nitrogens with one attached hydrogen (secondary N) is 4. The van der Waals surface area contributed by atoms with Crippen molar-refractivity contribution in [3.05, 3.63) is 59.7 Å². The minimum absolute atomic E-state index is 0.0621. The third-order valence-corrected chi connectivity index (χ3v) is 6.13. The van der Waals surface area contributed by atoms with Crippen LogP contribution in [0.4, 0.5) is 14.5 Å². The van der Waals surface area contributed by atoms with E-state index in [9.17, 15) is 22.0 Å². The smallest absolute Gasteiger partial charge is 0.250 e. The van der Waals surface area contributed by atoms with E-state index in [-0.39, 0.29) is 18.7 Å². The number of hydrazine groups is 1. The number of hydrogen-bond donors (Lipinski definition) is 4. The van der Waals surface area contributed by atoms with Gasteiger partial charge in [-0.25, -0.2) is 22.6 Å². The molecule has 162 valence electrons. The first-order chi connectivity index (χ1) is 14.3. The van der Waals surface area contributed by atoms with E-state index in [1.54, 1.807) is 24.3 Å². The SMILES string of the molecule is CCOc1ccc(NS(=O)(=O)C2NNCC2C(=O)NCc2ccc(F)cc2F)cc1. The van der Waals surface area contributed by atoms with Crippen LogP contribution in [0.3, 0.4) is 0 Å². The Morgan fingerprint density at radius 1 is 1.20 bits per heavy atom. The number of rotatable bonds is 8. The summed E-state index contributed by atoms with van der Waals surface area (Å²) in [6.45, 7) is 2.19. The molecule has 4 N–H and O–H groups in total. The number of ether oxygens (including phenoxy) is 1. The van der Waals surface area contributed by atoms with Crippen LogP contribution >= 0.6 is 0 Å². The van der Waals surface area contributed by atoms with E-state index in [1.807, 2.05) is 6.92 Å². The van der Waals surface area contributed by atoms with Crippen LogP contribution in [0.25, 0.3) is 0 Å². The third-order valence-electron chi connectivity index (χ3n) is 4.50. The predicted molar refractivity (Wildman–Crippen MR) is 107 cm³/mol. The quantitative estimate of drug-likeness (QED) is 0.495. The molecule has 8 nitrogen and oxygen atoms in total. The van der Waals surface area contributed by atoms with Crippen molar-refractivity contribution in [2.45, 2.75) is 18.8 Å². The van der Waals surface area contributed by atoms with Crippen molar-refractivity contribution in [1.29, 1.82) is 0 Å². The Kier molecular flexibility index (Phi) is 6.85. The highest BCUT2D eigenvalue weighted by Crippen LogP contribution is 2.21. The summed E-state index contributed by atoms with van der Waals surface area (Å²) >= 11 is 0. The van der Waals surface area contributed by atoms with E-state index >= 15 is 0 Å². The first-order valence-corrected chi connectivity index (χ1v) is 10.8. The lowest BCUT2D eigenvalue weighted by Crippen LogP contribution is -2.46. The van der Waals surface area contributed by atoms with Crippen LogP contribution in [0.5, 0.6) is 5.75 Å². The van der Waals surface area contributed by atoms with Crippen LogP contribution in [-0.4, -0.2) is 32.9 Å². The molecule has 1 aliphatic heterocycles. The zero-order valence-corrected chi connectivity index (χ0v) is 16.9. The van der Waals surface area contributed by atoms with E-state index < -0.39 is 38.9 Å². The summed E-state index contributed by atoms with van der Waals surface area (Å²) in [5, 5.41) is 1.25. The maximum absolute atomic E-state index is 13.7. The van der Waals surface area contributed by atoms with Gasteiger partial charge >= 0.3 is 0 Å². The molecule has 3 rings (SSSR count). The van der Waals surface area contributed by atoms with Gasteiger partial charge in [-0.3, -0.25) is 14.9 Å². The lowest BCUT2D eigenvalue weighted by Gasteiger charge is -2.19. The Balaban J connectivity index is 1.65. The molecular weight excluding hydrogens is 418 g/mol. The van der Waals surface area contributed by atoms with Crippen LogP contribution in [0.15, 0.2) is 42.5 Å². The van der Waals surface area contributed by atoms with Gasteiger partial charge < -0.3 is 10.1 Å². The molecule has 2 unspecified atom stereocenters. The average molecular weight is 440 g/mol. The number of sulfonamides is 1. The first kappa shape index (κ1) is 21.9. The molecule has 0 bridgehead atoms. The molecule has 1 heterocycles. The van der Waals surface area contributed by atoms with Crippen molar-refractivity contribution in [3.8, 4) is 5.75 Å². The normalized spacial score (nSPS) is 18.8. The lowest BCUT2D eigenvalue weighted by molar-refractivity contribution is -0.124. The average Bonchev–Trinajstić information content (AvgIpc) is 3.20. The van der Waals surface area contributed by atoms with Gasteiger partial charge in [0.1, 0.15) is 17.4 Å². The second-order valence-corrected chi connectivity index (χ2v) is 8.41. The molecule has 1 aliphatic rings. The van der Waals surface area contributed by atoms with Crippen molar-refractivity contribution in [3.63, 3.8) is 0 Å². The minimum Gasteiger partial charge on any atom is -0.494 e. The van der Waals surface area contributed by atoms with E-state index in [4.69, 9.17) is 4.74 Å². The molecule has 0 radical (unpaired) electrons. The van der Waals surface area contributed by atoms with E-state index in [0.29, 0.717) is 24.1 Å². The molecule has 1 amide bonds. The summed E-state index contributed by atoms with van der Waals surface area (Å²) in [6, 6.07) is 9.38. The van der Waals surface area contributed by atoms with Gasteiger partial charge in [-0.1, -0.05) is 6.07 Å². The summed E-state index contributed by atoms with van der Waals surface area (Å²) in [5.41, 5.74) is 5.66. The highest BCUT2D eigenvalue weighted by Gasteiger charge is 2.41. The summed E-state index contributed by atoms with van der Waals surface area (Å²) in [4.78, 5) is 12.5. The Hall–Kier alpha value is -2.76. The Morgan fingerprint density at radius 2 is 1.93 bits per heavy atom. The Bertz CT molecular complexity index is 1000. The van der Waals surface area contributed by atoms with Gasteiger partial charge in [0.2, 0.25) is 5.91 Å². The monoisotopic (exact) mass is 440 g/mol. The fourth-order valence-corrected chi connectivity index (χ4v) is 4.48. The van der Waals surface area contributed by atoms with Crippen LogP contribution in [0.2, 0.25) is 0 Å². The number of halogens is 2. The summed E-state index contributed by atoms with van der Waals surface area (Å²) in [5.74, 6) is -2.46. The number of hydrogen-bond acceptors (Lipinski definition) is 6. The fourth-order valence-electron chi connectivity index (χ4n) is 2.99.